The first kappa shape index (κ1) is 7.19. The molecule has 9 heavy (non-hydrogen) atoms. The van der Waals surface area contributed by atoms with Crippen LogP contribution in [0.25, 0.3) is 0 Å². The van der Waals surface area contributed by atoms with Crippen molar-refractivity contribution in [3.63, 3.8) is 0 Å². The van der Waals surface area contributed by atoms with E-state index in [1.165, 1.54) is 0 Å². The summed E-state index contributed by atoms with van der Waals surface area (Å²) in [5.41, 5.74) is 0. The van der Waals surface area contributed by atoms with Crippen LogP contribution < -0.4 is 10.3 Å². The van der Waals surface area contributed by atoms with Crippen molar-refractivity contribution in [3.05, 3.63) is 0 Å². The quantitative estimate of drug-likeness (QED) is 0.433. The highest BCUT2D eigenvalue weighted by atomic mass is 15.1. The van der Waals surface area contributed by atoms with Gasteiger partial charge in [0.1, 0.15) is 0 Å². The molecular weight excluding hydrogens is 110 g/mol. The third-order valence-corrected chi connectivity index (χ3v) is 1.13. The molecule has 0 amide bonds. The summed E-state index contributed by atoms with van der Waals surface area (Å²) >= 11 is 0. The SMILES string of the molecule is CCCN1[B]N[B]N[B]1. The van der Waals surface area contributed by atoms with Crippen molar-refractivity contribution in [1.82, 2.24) is 15.0 Å². The number of nitrogens with one attached hydrogen (secondary N) is 2. The van der Waals surface area contributed by atoms with Crippen LogP contribution in [-0.2, 0) is 0 Å². The summed E-state index contributed by atoms with van der Waals surface area (Å²) in [6.45, 7) is 3.22. The minimum absolute atomic E-state index is 1.06. The first-order valence-corrected chi connectivity index (χ1v) is 3.19. The summed E-state index contributed by atoms with van der Waals surface area (Å²) in [6, 6.07) is 0. The van der Waals surface area contributed by atoms with Gasteiger partial charge in [0.25, 0.3) is 22.6 Å². The van der Waals surface area contributed by atoms with Crippen LogP contribution in [0, 0.1) is 0 Å². The van der Waals surface area contributed by atoms with E-state index in [-0.39, 0.29) is 0 Å². The van der Waals surface area contributed by atoms with Crippen molar-refractivity contribution in [1.29, 1.82) is 0 Å². The first-order chi connectivity index (χ1) is 4.43. The number of rotatable bonds is 2. The fourth-order valence-electron chi connectivity index (χ4n) is 0.739. The molecule has 0 saturated carbocycles. The summed E-state index contributed by atoms with van der Waals surface area (Å²) in [5.74, 6) is 0. The van der Waals surface area contributed by atoms with Gasteiger partial charge in [-0.2, -0.15) is 0 Å². The lowest BCUT2D eigenvalue weighted by molar-refractivity contribution is 0.637. The Morgan fingerprint density at radius 2 is 2.00 bits per heavy atom. The molecule has 0 unspecified atom stereocenters. The van der Waals surface area contributed by atoms with Crippen molar-refractivity contribution in [3.8, 4) is 0 Å². The second-order valence-electron chi connectivity index (χ2n) is 1.97. The van der Waals surface area contributed by atoms with Gasteiger partial charge in [0.2, 0.25) is 0 Å². The van der Waals surface area contributed by atoms with Gasteiger partial charge in [0, 0.05) is 0 Å². The van der Waals surface area contributed by atoms with Gasteiger partial charge in [-0.1, -0.05) is 6.92 Å². The van der Waals surface area contributed by atoms with Crippen LogP contribution in [-0.4, -0.2) is 33.9 Å². The van der Waals surface area contributed by atoms with Crippen LogP contribution in [0.2, 0.25) is 0 Å². The minimum atomic E-state index is 1.06. The number of hydrogen-bond donors (Lipinski definition) is 2. The van der Waals surface area contributed by atoms with E-state index in [2.05, 4.69) is 21.9 Å². The van der Waals surface area contributed by atoms with Gasteiger partial charge in [-0.05, 0) is 13.0 Å². The molecule has 0 spiro atoms. The maximum absolute atomic E-state index is 2.95. The van der Waals surface area contributed by atoms with Crippen molar-refractivity contribution in [2.75, 3.05) is 6.54 Å². The zero-order valence-electron chi connectivity index (χ0n) is 5.59. The molecule has 1 aliphatic rings. The lowest BCUT2D eigenvalue weighted by Gasteiger charge is -2.24. The third-order valence-electron chi connectivity index (χ3n) is 1.13. The predicted molar refractivity (Wildman–Crippen MR) is 40.5 cm³/mol. The molecule has 1 heterocycles. The van der Waals surface area contributed by atoms with Crippen molar-refractivity contribution >= 4 is 22.6 Å². The van der Waals surface area contributed by atoms with Crippen LogP contribution >= 0.6 is 0 Å². The van der Waals surface area contributed by atoms with Crippen LogP contribution in [0.1, 0.15) is 13.3 Å². The maximum atomic E-state index is 2.95. The Labute approximate surface area is 58.4 Å². The molecule has 1 aliphatic heterocycles. The molecule has 0 aromatic heterocycles. The standard InChI is InChI=1S/C3H9B3N3/c1-2-3-9-5-7-4-8-6-9/h7-8H,2-3H2,1H3. The van der Waals surface area contributed by atoms with Crippen molar-refractivity contribution in [2.24, 2.45) is 0 Å². The fraction of sp³-hybridized carbons (Fsp3) is 1.00. The molecule has 0 atom stereocenters. The van der Waals surface area contributed by atoms with Gasteiger partial charge >= 0.3 is 0 Å². The van der Waals surface area contributed by atoms with E-state index in [9.17, 15) is 0 Å². The van der Waals surface area contributed by atoms with E-state index in [4.69, 9.17) is 0 Å². The Morgan fingerprint density at radius 3 is 2.56 bits per heavy atom. The Balaban J connectivity index is 2.08. The summed E-state index contributed by atoms with van der Waals surface area (Å²) in [4.78, 5) is 0. The maximum Gasteiger partial charge on any atom is 0.287 e. The molecule has 1 saturated heterocycles. The lowest BCUT2D eigenvalue weighted by atomic mass is 9.81. The monoisotopic (exact) mass is 120 g/mol. The van der Waals surface area contributed by atoms with E-state index in [1.807, 2.05) is 15.1 Å². The Bertz CT molecular complexity index is 71.9. The van der Waals surface area contributed by atoms with E-state index in [0.29, 0.717) is 0 Å². The summed E-state index contributed by atoms with van der Waals surface area (Å²) < 4.78 is 2.07. The zero-order chi connectivity index (χ0) is 6.53. The van der Waals surface area contributed by atoms with E-state index in [0.717, 1.165) is 13.0 Å². The van der Waals surface area contributed by atoms with Crippen LogP contribution in [0.3, 0.4) is 0 Å². The smallest absolute Gasteiger partial charge is 0.287 e. The first-order valence-electron chi connectivity index (χ1n) is 3.19. The molecule has 0 bridgehead atoms. The predicted octanol–water partition coefficient (Wildman–Crippen LogP) is -1.51. The summed E-state index contributed by atoms with van der Waals surface area (Å²) in [7, 11) is 5.64. The Hall–Kier alpha value is 0.0748. The van der Waals surface area contributed by atoms with Gasteiger partial charge in [-0.25, -0.2) is 0 Å². The molecule has 1 rings (SSSR count). The molecule has 3 nitrogen and oxygen atoms in total. The molecule has 2 N–H and O–H groups in total. The zero-order valence-corrected chi connectivity index (χ0v) is 5.59. The second-order valence-corrected chi connectivity index (χ2v) is 1.97. The average Bonchev–Trinajstić information content (AvgIpc) is 1.91. The normalized spacial score (nSPS) is 19.7. The van der Waals surface area contributed by atoms with Gasteiger partial charge < -0.3 is 15.0 Å². The van der Waals surface area contributed by atoms with Crippen molar-refractivity contribution < 1.29 is 0 Å². The van der Waals surface area contributed by atoms with Crippen LogP contribution in [0.4, 0.5) is 0 Å². The second kappa shape index (κ2) is 3.98. The van der Waals surface area contributed by atoms with Crippen molar-refractivity contribution in [2.45, 2.75) is 13.3 Å². The molecule has 45 valence electrons. The molecule has 0 aliphatic carbocycles. The Kier molecular flexibility index (Phi) is 3.18. The molecule has 6 heteroatoms. The van der Waals surface area contributed by atoms with Gasteiger partial charge in [-0.15, -0.1) is 0 Å². The molecule has 1 fully saturated rings. The molecule has 3 radical (unpaired) electrons. The van der Waals surface area contributed by atoms with Gasteiger partial charge in [-0.3, -0.25) is 0 Å². The lowest BCUT2D eigenvalue weighted by Crippen LogP contribution is -2.57. The highest BCUT2D eigenvalue weighted by Gasteiger charge is 2.11. The minimum Gasteiger partial charge on any atom is -0.379 e. The Morgan fingerprint density at radius 1 is 1.33 bits per heavy atom. The van der Waals surface area contributed by atoms with E-state index < -0.39 is 0 Å². The number of hydrogen-bond acceptors (Lipinski definition) is 3. The molecule has 0 aromatic rings. The molecular formula is C3H9B3N3. The highest BCUT2D eigenvalue weighted by molar-refractivity contribution is 6.65. The third kappa shape index (κ3) is 2.43. The van der Waals surface area contributed by atoms with Crippen LogP contribution in [0.15, 0.2) is 0 Å². The summed E-state index contributed by atoms with van der Waals surface area (Å²) in [6.07, 6.45) is 1.16. The van der Waals surface area contributed by atoms with E-state index in [1.54, 1.807) is 7.55 Å². The van der Waals surface area contributed by atoms with E-state index >= 15 is 0 Å². The fourth-order valence-corrected chi connectivity index (χ4v) is 0.739. The largest absolute Gasteiger partial charge is 0.379 e. The number of nitrogens with zero attached hydrogens (tertiary/aromatic N) is 1. The highest BCUT2D eigenvalue weighted by Crippen LogP contribution is 1.83. The topological polar surface area (TPSA) is 27.3 Å². The average molecular weight is 120 g/mol. The van der Waals surface area contributed by atoms with Gasteiger partial charge in [0.05, 0.1) is 0 Å². The van der Waals surface area contributed by atoms with Crippen LogP contribution in [0.5, 0.6) is 0 Å². The summed E-state index contributed by atoms with van der Waals surface area (Å²) in [5, 5.41) is 5.91. The molecule has 0 aromatic carbocycles. The van der Waals surface area contributed by atoms with Gasteiger partial charge in [0.15, 0.2) is 0 Å².